The Labute approximate surface area is 90.7 Å². The molecule has 8 heteroatoms. The Morgan fingerprint density at radius 2 is 2.13 bits per heavy atom. The van der Waals surface area contributed by atoms with Crippen LogP contribution in [-0.2, 0) is 4.74 Å². The van der Waals surface area contributed by atoms with Gasteiger partial charge in [0.1, 0.15) is 23.7 Å². The Hall–Kier alpha value is -0.500. The molecule has 7 nitrogen and oxygen atoms in total. The van der Waals surface area contributed by atoms with E-state index in [1.165, 1.54) is 11.8 Å². The van der Waals surface area contributed by atoms with Crippen LogP contribution in [0.5, 0.6) is 0 Å². The summed E-state index contributed by atoms with van der Waals surface area (Å²) in [6.45, 7) is -0.391. The zero-order chi connectivity index (χ0) is 11.4. The van der Waals surface area contributed by atoms with Crippen molar-refractivity contribution in [2.24, 2.45) is 5.11 Å². The van der Waals surface area contributed by atoms with Gasteiger partial charge in [-0.1, -0.05) is 5.11 Å². The summed E-state index contributed by atoms with van der Waals surface area (Å²) in [7, 11) is 0. The van der Waals surface area contributed by atoms with Gasteiger partial charge >= 0.3 is 0 Å². The van der Waals surface area contributed by atoms with Crippen LogP contribution in [0.25, 0.3) is 10.4 Å². The SMILES string of the molecule is CS[C@@H]1OC(CO)[C@@H](O)C(O)C1N=[N+]=[N-]. The van der Waals surface area contributed by atoms with Crippen LogP contribution in [0.1, 0.15) is 0 Å². The molecular weight excluding hydrogens is 222 g/mol. The summed E-state index contributed by atoms with van der Waals surface area (Å²) in [5.41, 5.74) is 7.75. The largest absolute Gasteiger partial charge is 0.394 e. The van der Waals surface area contributed by atoms with Gasteiger partial charge < -0.3 is 20.1 Å². The lowest BCUT2D eigenvalue weighted by Gasteiger charge is -2.39. The van der Waals surface area contributed by atoms with Crippen molar-refractivity contribution in [3.05, 3.63) is 10.4 Å². The second-order valence-corrected chi connectivity index (χ2v) is 4.07. The van der Waals surface area contributed by atoms with Crippen LogP contribution in [-0.4, -0.2) is 58.0 Å². The van der Waals surface area contributed by atoms with Crippen molar-refractivity contribution < 1.29 is 20.1 Å². The molecule has 0 aromatic heterocycles. The van der Waals surface area contributed by atoms with Crippen LogP contribution in [0.2, 0.25) is 0 Å². The van der Waals surface area contributed by atoms with Gasteiger partial charge in [0, 0.05) is 4.91 Å². The summed E-state index contributed by atoms with van der Waals surface area (Å²) in [5.74, 6) is 0. The first kappa shape index (κ1) is 12.6. The van der Waals surface area contributed by atoms with Crippen LogP contribution in [0, 0.1) is 0 Å². The number of azide groups is 1. The van der Waals surface area contributed by atoms with E-state index in [1.54, 1.807) is 6.26 Å². The minimum Gasteiger partial charge on any atom is -0.394 e. The first-order valence-electron chi connectivity index (χ1n) is 4.35. The van der Waals surface area contributed by atoms with Crippen molar-refractivity contribution in [2.45, 2.75) is 29.8 Å². The lowest BCUT2D eigenvalue weighted by molar-refractivity contribution is -0.165. The molecule has 86 valence electrons. The van der Waals surface area contributed by atoms with E-state index in [4.69, 9.17) is 15.4 Å². The molecule has 0 spiro atoms. The zero-order valence-electron chi connectivity index (χ0n) is 8.09. The van der Waals surface area contributed by atoms with Gasteiger partial charge in [0.2, 0.25) is 0 Å². The Kier molecular flexibility index (Phi) is 4.65. The van der Waals surface area contributed by atoms with Gasteiger partial charge in [0.25, 0.3) is 0 Å². The number of ether oxygens (including phenoxy) is 1. The van der Waals surface area contributed by atoms with Crippen LogP contribution >= 0.6 is 11.8 Å². The van der Waals surface area contributed by atoms with Crippen molar-refractivity contribution in [1.82, 2.24) is 0 Å². The minimum atomic E-state index is -1.24. The third kappa shape index (κ3) is 2.54. The first-order chi connectivity index (χ1) is 7.15. The van der Waals surface area contributed by atoms with Gasteiger partial charge in [-0.15, -0.1) is 11.8 Å². The van der Waals surface area contributed by atoms with Gasteiger partial charge in [-0.05, 0) is 11.8 Å². The van der Waals surface area contributed by atoms with Crippen LogP contribution in [0.3, 0.4) is 0 Å². The predicted octanol–water partition coefficient (Wildman–Crippen LogP) is -0.533. The van der Waals surface area contributed by atoms with Crippen molar-refractivity contribution in [1.29, 1.82) is 0 Å². The van der Waals surface area contributed by atoms with Crippen LogP contribution < -0.4 is 0 Å². The van der Waals surface area contributed by atoms with Gasteiger partial charge in [-0.2, -0.15) is 0 Å². The highest BCUT2D eigenvalue weighted by Crippen LogP contribution is 2.29. The van der Waals surface area contributed by atoms with E-state index in [-0.39, 0.29) is 0 Å². The molecule has 0 aromatic carbocycles. The number of aliphatic hydroxyl groups excluding tert-OH is 3. The number of rotatable bonds is 3. The van der Waals surface area contributed by atoms with Gasteiger partial charge in [-0.3, -0.25) is 0 Å². The number of thioether (sulfide) groups is 1. The third-order valence-corrected chi connectivity index (χ3v) is 3.12. The Balaban J connectivity index is 2.83. The number of aliphatic hydroxyl groups is 3. The summed E-state index contributed by atoms with van der Waals surface area (Å²) in [4.78, 5) is 2.59. The van der Waals surface area contributed by atoms with Gasteiger partial charge in [0.15, 0.2) is 0 Å². The predicted molar refractivity (Wildman–Crippen MR) is 54.2 cm³/mol. The fourth-order valence-corrected chi connectivity index (χ4v) is 2.19. The average molecular weight is 235 g/mol. The maximum Gasteiger partial charge on any atom is 0.114 e. The molecule has 0 aromatic rings. The van der Waals surface area contributed by atoms with E-state index < -0.39 is 36.4 Å². The third-order valence-electron chi connectivity index (χ3n) is 2.27. The molecule has 5 atom stereocenters. The molecule has 3 unspecified atom stereocenters. The normalized spacial score (nSPS) is 40.9. The topological polar surface area (TPSA) is 119 Å². The zero-order valence-corrected chi connectivity index (χ0v) is 8.91. The highest BCUT2D eigenvalue weighted by molar-refractivity contribution is 7.99. The highest BCUT2D eigenvalue weighted by Gasteiger charge is 2.43. The number of hydrogen-bond donors (Lipinski definition) is 3. The fourth-order valence-electron chi connectivity index (χ4n) is 1.44. The molecule has 0 amide bonds. The average Bonchev–Trinajstić information content (AvgIpc) is 2.25. The molecule has 15 heavy (non-hydrogen) atoms. The highest BCUT2D eigenvalue weighted by atomic mass is 32.2. The quantitative estimate of drug-likeness (QED) is 0.345. The molecule has 1 saturated heterocycles. The standard InChI is InChI=1S/C7H13N3O4S/c1-15-7-4(9-10-8)6(13)5(12)3(2-11)14-7/h3-7,11-13H,2H2,1H3/t3?,4?,5-,6?,7+/m1/s1. The van der Waals surface area contributed by atoms with E-state index in [2.05, 4.69) is 10.0 Å². The molecule has 1 aliphatic heterocycles. The van der Waals surface area contributed by atoms with E-state index in [1.807, 2.05) is 0 Å². The number of hydrogen-bond acceptors (Lipinski definition) is 6. The van der Waals surface area contributed by atoms with Crippen LogP contribution in [0.4, 0.5) is 0 Å². The first-order valence-corrected chi connectivity index (χ1v) is 5.64. The second-order valence-electron chi connectivity index (χ2n) is 3.14. The van der Waals surface area contributed by atoms with Crippen molar-refractivity contribution >= 4 is 11.8 Å². The summed E-state index contributed by atoms with van der Waals surface area (Å²) in [5, 5.41) is 31.5. The molecule has 0 radical (unpaired) electrons. The smallest absolute Gasteiger partial charge is 0.114 e. The van der Waals surface area contributed by atoms with Gasteiger partial charge in [0.05, 0.1) is 12.7 Å². The van der Waals surface area contributed by atoms with E-state index in [0.717, 1.165) is 0 Å². The summed E-state index contributed by atoms with van der Waals surface area (Å²) in [6, 6.07) is -0.845. The maximum absolute atomic E-state index is 9.65. The summed E-state index contributed by atoms with van der Waals surface area (Å²) in [6.07, 6.45) is -1.58. The lowest BCUT2D eigenvalue weighted by Crippen LogP contribution is -2.56. The van der Waals surface area contributed by atoms with Crippen LogP contribution in [0.15, 0.2) is 5.11 Å². The second kappa shape index (κ2) is 5.55. The Morgan fingerprint density at radius 1 is 1.47 bits per heavy atom. The van der Waals surface area contributed by atoms with E-state index in [0.29, 0.717) is 0 Å². The van der Waals surface area contributed by atoms with Crippen molar-refractivity contribution in [3.8, 4) is 0 Å². The van der Waals surface area contributed by atoms with E-state index in [9.17, 15) is 10.2 Å². The monoisotopic (exact) mass is 235 g/mol. The molecule has 1 aliphatic rings. The van der Waals surface area contributed by atoms with Crippen molar-refractivity contribution in [2.75, 3.05) is 12.9 Å². The molecule has 1 fully saturated rings. The van der Waals surface area contributed by atoms with Crippen molar-refractivity contribution in [3.63, 3.8) is 0 Å². The van der Waals surface area contributed by atoms with E-state index >= 15 is 0 Å². The minimum absolute atomic E-state index is 0.391. The molecular formula is C7H13N3O4S. The fraction of sp³-hybridized carbons (Fsp3) is 1.00. The molecule has 3 N–H and O–H groups in total. The lowest BCUT2D eigenvalue weighted by atomic mass is 9.99. The maximum atomic E-state index is 9.65. The molecule has 0 aliphatic carbocycles. The molecule has 1 rings (SSSR count). The van der Waals surface area contributed by atoms with Gasteiger partial charge in [-0.25, -0.2) is 0 Å². The Bertz CT molecular complexity index is 259. The number of nitrogens with zero attached hydrogens (tertiary/aromatic N) is 3. The summed E-state index contributed by atoms with van der Waals surface area (Å²) < 4.78 is 5.27. The molecule has 0 bridgehead atoms. The Morgan fingerprint density at radius 3 is 2.60 bits per heavy atom. The molecule has 1 heterocycles. The molecule has 0 saturated carbocycles. The summed E-state index contributed by atoms with van der Waals surface area (Å²) >= 11 is 1.25.